The molecule has 208 valence electrons. The van der Waals surface area contributed by atoms with Crippen LogP contribution in [0.5, 0.6) is 0 Å². The number of fused-ring (bicyclic) bond motifs is 2. The minimum absolute atomic E-state index is 0.375. The maximum Gasteiger partial charge on any atom is 0.134 e. The minimum Gasteiger partial charge on any atom is -0.379 e. The Morgan fingerprint density at radius 2 is 1.08 bits per heavy atom. The van der Waals surface area contributed by atoms with Gasteiger partial charge in [-0.3, -0.25) is 0 Å². The fourth-order valence-corrected chi connectivity index (χ4v) is 5.59. The summed E-state index contributed by atoms with van der Waals surface area (Å²) in [6.07, 6.45) is 9.46. The van der Waals surface area contributed by atoms with Gasteiger partial charge in [0.05, 0.1) is 91.3 Å². The van der Waals surface area contributed by atoms with Gasteiger partial charge in [-0.2, -0.15) is 0 Å². The van der Waals surface area contributed by atoms with Crippen LogP contribution < -0.4 is 0 Å². The second-order valence-electron chi connectivity index (χ2n) is 9.68. The van der Waals surface area contributed by atoms with E-state index >= 15 is 0 Å². The van der Waals surface area contributed by atoms with Crippen molar-refractivity contribution in [1.29, 1.82) is 0 Å². The molecule has 1 heterocycles. The van der Waals surface area contributed by atoms with Crippen molar-refractivity contribution < 1.29 is 37.9 Å². The van der Waals surface area contributed by atoms with Crippen LogP contribution in [-0.2, 0) is 43.3 Å². The first kappa shape index (κ1) is 27.7. The second kappa shape index (κ2) is 14.0. The Balaban J connectivity index is 1.19. The lowest BCUT2D eigenvalue weighted by molar-refractivity contribution is -0.0941. The van der Waals surface area contributed by atoms with Crippen molar-refractivity contribution in [2.45, 2.75) is 17.4 Å². The zero-order chi connectivity index (χ0) is 25.9. The van der Waals surface area contributed by atoms with Gasteiger partial charge in [-0.05, 0) is 34.8 Å². The van der Waals surface area contributed by atoms with Gasteiger partial charge in [-0.15, -0.1) is 0 Å². The number of rotatable bonds is 0. The van der Waals surface area contributed by atoms with Crippen molar-refractivity contribution in [3.63, 3.8) is 0 Å². The van der Waals surface area contributed by atoms with E-state index in [0.717, 1.165) is 6.42 Å². The highest BCUT2D eigenvalue weighted by molar-refractivity contribution is 5.72. The summed E-state index contributed by atoms with van der Waals surface area (Å²) in [5, 5.41) is 0. The van der Waals surface area contributed by atoms with Crippen LogP contribution in [0.4, 0.5) is 0 Å². The standard InChI is InChI=1S/C30H40O8/c1-4-25-22-26(5-1)29(25)24-37-19-18-35-15-14-33-12-10-31-8-3-9-32-11-13-34-16-17-36-20-21-38-30(29)27-6-2-7-28(30)23-27/h1-2,4-7,22-23H,3,8-21,24H2. The zero-order valence-corrected chi connectivity index (χ0v) is 22.2. The Labute approximate surface area is 225 Å². The van der Waals surface area contributed by atoms with Gasteiger partial charge in [-0.1, -0.05) is 42.5 Å². The van der Waals surface area contributed by atoms with Gasteiger partial charge >= 0.3 is 0 Å². The van der Waals surface area contributed by atoms with Gasteiger partial charge in [0.2, 0.25) is 0 Å². The smallest absolute Gasteiger partial charge is 0.134 e. The largest absolute Gasteiger partial charge is 0.379 e. The van der Waals surface area contributed by atoms with Crippen molar-refractivity contribution in [2.75, 3.05) is 99.1 Å². The molecule has 1 unspecified atom stereocenters. The Hall–Kier alpha value is -1.88. The second-order valence-corrected chi connectivity index (χ2v) is 9.68. The van der Waals surface area contributed by atoms with E-state index in [4.69, 9.17) is 37.9 Å². The first-order valence-electron chi connectivity index (χ1n) is 13.8. The Morgan fingerprint density at radius 1 is 0.553 bits per heavy atom. The molecule has 0 aromatic heterocycles. The molecule has 5 aliphatic rings. The molecule has 1 aliphatic heterocycles. The summed E-state index contributed by atoms with van der Waals surface area (Å²) >= 11 is 0. The van der Waals surface area contributed by atoms with Crippen LogP contribution in [-0.4, -0.2) is 105 Å². The van der Waals surface area contributed by atoms with Gasteiger partial charge in [0.1, 0.15) is 5.60 Å². The average Bonchev–Trinajstić information content (AvgIpc) is 2.95. The van der Waals surface area contributed by atoms with Crippen molar-refractivity contribution >= 4 is 0 Å². The fraction of sp³-hybridized carbons (Fsp3) is 0.600. The molecule has 1 atom stereocenters. The maximum absolute atomic E-state index is 6.76. The van der Waals surface area contributed by atoms with E-state index in [1.165, 1.54) is 22.3 Å². The lowest BCUT2D eigenvalue weighted by atomic mass is 9.48. The van der Waals surface area contributed by atoms with E-state index in [1.807, 2.05) is 0 Å². The van der Waals surface area contributed by atoms with Crippen molar-refractivity contribution in [2.24, 2.45) is 0 Å². The molecule has 8 nitrogen and oxygen atoms in total. The van der Waals surface area contributed by atoms with E-state index in [2.05, 4.69) is 48.6 Å². The number of hydrogen-bond donors (Lipinski definition) is 0. The molecule has 0 radical (unpaired) electrons. The van der Waals surface area contributed by atoms with E-state index < -0.39 is 5.60 Å². The lowest BCUT2D eigenvalue weighted by Gasteiger charge is -2.60. The molecule has 1 aromatic rings. The molecule has 6 rings (SSSR count). The predicted molar refractivity (Wildman–Crippen MR) is 142 cm³/mol. The third-order valence-electron chi connectivity index (χ3n) is 7.43. The molecule has 38 heavy (non-hydrogen) atoms. The van der Waals surface area contributed by atoms with Crippen LogP contribution in [0, 0.1) is 0 Å². The molecule has 2 spiro atoms. The molecule has 1 fully saturated rings. The minimum atomic E-state index is -0.568. The van der Waals surface area contributed by atoms with Gasteiger partial charge in [0.15, 0.2) is 0 Å². The van der Waals surface area contributed by atoms with Crippen molar-refractivity contribution in [1.82, 2.24) is 0 Å². The zero-order valence-electron chi connectivity index (χ0n) is 22.2. The van der Waals surface area contributed by atoms with Crippen LogP contribution in [0.3, 0.4) is 0 Å². The van der Waals surface area contributed by atoms with Gasteiger partial charge in [0, 0.05) is 13.2 Å². The number of allylic oxidation sites excluding steroid dienone is 2. The fourth-order valence-electron chi connectivity index (χ4n) is 5.59. The van der Waals surface area contributed by atoms with Crippen LogP contribution in [0.2, 0.25) is 0 Å². The van der Waals surface area contributed by atoms with Crippen molar-refractivity contribution in [3.05, 3.63) is 70.8 Å². The average molecular weight is 529 g/mol. The van der Waals surface area contributed by atoms with Gasteiger partial charge < -0.3 is 37.9 Å². The molecule has 1 saturated heterocycles. The molecular formula is C30H40O8. The molecule has 0 saturated carbocycles. The highest BCUT2D eigenvalue weighted by Gasteiger charge is 2.65. The van der Waals surface area contributed by atoms with Crippen LogP contribution >= 0.6 is 0 Å². The normalized spacial score (nSPS) is 28.1. The number of benzene rings is 1. The quantitative estimate of drug-likeness (QED) is 0.509. The van der Waals surface area contributed by atoms with Crippen LogP contribution in [0.25, 0.3) is 0 Å². The van der Waals surface area contributed by atoms with Crippen LogP contribution in [0.1, 0.15) is 17.5 Å². The van der Waals surface area contributed by atoms with Crippen LogP contribution in [0.15, 0.2) is 59.7 Å². The van der Waals surface area contributed by atoms with E-state index in [1.54, 1.807) is 0 Å². The Morgan fingerprint density at radius 3 is 1.58 bits per heavy atom. The highest BCUT2D eigenvalue weighted by Crippen LogP contribution is 2.62. The molecule has 4 bridgehead atoms. The third-order valence-corrected chi connectivity index (χ3v) is 7.43. The summed E-state index contributed by atoms with van der Waals surface area (Å²) in [4.78, 5) is 0. The summed E-state index contributed by atoms with van der Waals surface area (Å²) in [5.41, 5.74) is 3.89. The third kappa shape index (κ3) is 5.83. The highest BCUT2D eigenvalue weighted by atomic mass is 16.6. The Kier molecular flexibility index (Phi) is 10.2. The van der Waals surface area contributed by atoms with Gasteiger partial charge in [0.25, 0.3) is 0 Å². The molecule has 8 heteroatoms. The first-order valence-corrected chi connectivity index (χ1v) is 13.8. The summed E-state index contributed by atoms with van der Waals surface area (Å²) < 4.78 is 46.9. The number of hydrogen-bond acceptors (Lipinski definition) is 8. The SMILES string of the molecule is c1cc2cc(c1)C21COCCOCCOCCOCCCOCCOCCOCCOC12c1cccc2c1. The molecule has 0 N–H and O–H groups in total. The first-order chi connectivity index (χ1) is 18.9. The monoisotopic (exact) mass is 528 g/mol. The van der Waals surface area contributed by atoms with E-state index in [-0.39, 0.29) is 5.41 Å². The predicted octanol–water partition coefficient (Wildman–Crippen LogP) is 3.00. The summed E-state index contributed by atoms with van der Waals surface area (Å²) in [6.45, 7) is 8.17. The van der Waals surface area contributed by atoms with E-state index in [9.17, 15) is 0 Å². The van der Waals surface area contributed by atoms with E-state index in [0.29, 0.717) is 99.1 Å². The summed E-state index contributed by atoms with van der Waals surface area (Å²) in [7, 11) is 0. The number of ether oxygens (including phenoxy) is 8. The summed E-state index contributed by atoms with van der Waals surface area (Å²) in [6, 6.07) is 8.69. The summed E-state index contributed by atoms with van der Waals surface area (Å²) in [5.74, 6) is 0. The topological polar surface area (TPSA) is 73.8 Å². The molecule has 0 amide bonds. The molecular weight excluding hydrogens is 488 g/mol. The molecule has 4 aliphatic carbocycles. The maximum atomic E-state index is 6.76. The Bertz CT molecular complexity index is 946. The van der Waals surface area contributed by atoms with Gasteiger partial charge in [-0.25, -0.2) is 0 Å². The lowest BCUT2D eigenvalue weighted by Crippen LogP contribution is -2.65. The van der Waals surface area contributed by atoms with Crippen molar-refractivity contribution in [3.8, 4) is 0 Å². The molecule has 1 aromatic carbocycles.